The van der Waals surface area contributed by atoms with Gasteiger partial charge in [0.25, 0.3) is 0 Å². The quantitative estimate of drug-likeness (QED) is 0.169. The van der Waals surface area contributed by atoms with Crippen LogP contribution in [0.1, 0.15) is 51.2 Å². The highest BCUT2D eigenvalue weighted by atomic mass is 16.5. The van der Waals surface area contributed by atoms with Crippen LogP contribution in [0.5, 0.6) is 0 Å². The Hall–Kier alpha value is -5.86. The first-order chi connectivity index (χ1) is 27.8. The summed E-state index contributed by atoms with van der Waals surface area (Å²) in [6.07, 6.45) is 13.7. The number of fused-ring (bicyclic) bond motifs is 9. The van der Waals surface area contributed by atoms with Gasteiger partial charge in [-0.25, -0.2) is 9.79 Å². The summed E-state index contributed by atoms with van der Waals surface area (Å²) in [4.78, 5) is 66.2. The van der Waals surface area contributed by atoms with E-state index >= 15 is 0 Å². The minimum atomic E-state index is -1.20. The SMILES string of the molecule is C=CC1=C(C)C2=NC/1=C\C1NC(=C(CCC(=O)OCCO)C1C)/C=c1\[nH]/c(c(C)c1CCC(=O)OCCO)=C\C1=NC(=C\2)/C2=CC=C(C(=O)OC)[C@@H](C(=O)OC)[C@]21C. The van der Waals surface area contributed by atoms with Gasteiger partial charge in [-0.1, -0.05) is 31.7 Å². The zero-order valence-electron chi connectivity index (χ0n) is 33.7. The van der Waals surface area contributed by atoms with Crippen molar-refractivity contribution in [3.05, 3.63) is 104 Å². The molecule has 1 aliphatic carbocycles. The Morgan fingerprint density at radius 1 is 0.914 bits per heavy atom. The second-order valence-electron chi connectivity index (χ2n) is 14.8. The fourth-order valence-electron chi connectivity index (χ4n) is 8.38. The van der Waals surface area contributed by atoms with E-state index in [1.165, 1.54) is 14.2 Å². The molecule has 5 heterocycles. The first kappa shape index (κ1) is 41.8. The molecule has 6 rings (SSSR count). The number of aliphatic hydroxyl groups is 2. The number of esters is 4. The molecule has 14 heteroatoms. The molecule has 8 bridgehead atoms. The number of aromatic nitrogens is 1. The van der Waals surface area contributed by atoms with E-state index in [0.29, 0.717) is 45.5 Å². The van der Waals surface area contributed by atoms with Crippen molar-refractivity contribution in [2.45, 2.75) is 59.4 Å². The van der Waals surface area contributed by atoms with E-state index in [4.69, 9.17) is 28.9 Å². The van der Waals surface area contributed by atoms with E-state index < -0.39 is 35.2 Å². The molecule has 0 radical (unpaired) electrons. The number of hydrogen-bond acceptors (Lipinski definition) is 13. The molecular weight excluding hydrogens is 745 g/mol. The minimum Gasteiger partial charge on any atom is -0.469 e. The molecule has 0 amide bonds. The molecule has 0 saturated carbocycles. The number of aliphatic hydroxyl groups excluding tert-OH is 2. The Morgan fingerprint density at radius 2 is 1.60 bits per heavy atom. The zero-order valence-corrected chi connectivity index (χ0v) is 33.7. The number of ether oxygens (including phenoxy) is 4. The van der Waals surface area contributed by atoms with Crippen molar-refractivity contribution in [1.82, 2.24) is 10.3 Å². The van der Waals surface area contributed by atoms with Crippen LogP contribution in [-0.2, 0) is 44.5 Å². The van der Waals surface area contributed by atoms with Crippen molar-refractivity contribution >= 4 is 47.5 Å². The normalized spacial score (nSPS) is 26.1. The predicted molar refractivity (Wildman–Crippen MR) is 216 cm³/mol. The van der Waals surface area contributed by atoms with E-state index in [1.807, 2.05) is 39.0 Å². The number of nitrogens with one attached hydrogen (secondary N) is 2. The predicted octanol–water partition coefficient (Wildman–Crippen LogP) is 2.56. The summed E-state index contributed by atoms with van der Waals surface area (Å²) in [5, 5.41) is 23.4. The monoisotopic (exact) mass is 794 g/mol. The number of H-pyrrole nitrogens is 1. The fraction of sp³-hybridized carbons (Fsp3) is 0.409. The van der Waals surface area contributed by atoms with Crippen molar-refractivity contribution in [3.63, 3.8) is 0 Å². The third-order valence-corrected chi connectivity index (χ3v) is 11.6. The maximum Gasteiger partial charge on any atom is 0.334 e. The summed E-state index contributed by atoms with van der Waals surface area (Å²) in [6, 6.07) is -0.238. The molecule has 14 nitrogen and oxygen atoms in total. The van der Waals surface area contributed by atoms with Gasteiger partial charge in [-0.2, -0.15) is 0 Å². The third kappa shape index (κ3) is 7.73. The summed E-state index contributed by atoms with van der Waals surface area (Å²) < 4.78 is 20.8. The third-order valence-electron chi connectivity index (χ3n) is 11.6. The van der Waals surface area contributed by atoms with Crippen molar-refractivity contribution in [1.29, 1.82) is 0 Å². The highest BCUT2D eigenvalue weighted by Crippen LogP contribution is 2.52. The number of hydrogen-bond donors (Lipinski definition) is 4. The van der Waals surface area contributed by atoms with Gasteiger partial charge in [-0.3, -0.25) is 19.4 Å². The van der Waals surface area contributed by atoms with Crippen LogP contribution in [0.25, 0.3) is 12.2 Å². The molecule has 0 spiro atoms. The number of aromatic amines is 1. The summed E-state index contributed by atoms with van der Waals surface area (Å²) in [5.74, 6) is -3.40. The van der Waals surface area contributed by atoms with Gasteiger partial charge in [-0.15, -0.1) is 0 Å². The van der Waals surface area contributed by atoms with Gasteiger partial charge in [0, 0.05) is 40.7 Å². The first-order valence-electron chi connectivity index (χ1n) is 19.3. The van der Waals surface area contributed by atoms with Gasteiger partial charge in [-0.05, 0) is 85.8 Å². The number of aliphatic imine (C=N–C) groups is 2. The molecule has 4 atom stereocenters. The van der Waals surface area contributed by atoms with Crippen molar-refractivity contribution in [3.8, 4) is 0 Å². The average molecular weight is 795 g/mol. The molecule has 2 unspecified atom stereocenters. The molecule has 1 aromatic rings. The topological polar surface area (TPSA) is 198 Å². The number of nitrogens with zero attached hydrogens (tertiary/aromatic N) is 2. The molecule has 4 N–H and O–H groups in total. The molecule has 306 valence electrons. The molecule has 1 aromatic heterocycles. The summed E-state index contributed by atoms with van der Waals surface area (Å²) >= 11 is 0. The lowest BCUT2D eigenvalue weighted by atomic mass is 9.63. The van der Waals surface area contributed by atoms with Crippen LogP contribution >= 0.6 is 0 Å². The van der Waals surface area contributed by atoms with Crippen LogP contribution in [-0.4, -0.2) is 97.2 Å². The maximum atomic E-state index is 13.8. The maximum absolute atomic E-state index is 13.8. The van der Waals surface area contributed by atoms with Crippen molar-refractivity contribution in [2.24, 2.45) is 27.2 Å². The van der Waals surface area contributed by atoms with Gasteiger partial charge in [0.05, 0.1) is 67.3 Å². The van der Waals surface area contributed by atoms with Gasteiger partial charge >= 0.3 is 23.9 Å². The van der Waals surface area contributed by atoms with E-state index in [0.717, 1.165) is 33.5 Å². The summed E-state index contributed by atoms with van der Waals surface area (Å²) in [7, 11) is 2.53. The van der Waals surface area contributed by atoms with E-state index in [-0.39, 0.29) is 63.2 Å². The Bertz CT molecular complexity index is 2330. The van der Waals surface area contributed by atoms with Crippen LogP contribution in [0.3, 0.4) is 0 Å². The van der Waals surface area contributed by atoms with Crippen LogP contribution in [0.15, 0.2) is 91.9 Å². The Kier molecular flexibility index (Phi) is 12.5. The van der Waals surface area contributed by atoms with Gasteiger partial charge in [0.1, 0.15) is 19.1 Å². The summed E-state index contributed by atoms with van der Waals surface area (Å²) in [5.41, 5.74) is 7.08. The lowest BCUT2D eigenvalue weighted by molar-refractivity contribution is -0.149. The molecule has 0 aromatic carbocycles. The Balaban J connectivity index is 1.63. The lowest BCUT2D eigenvalue weighted by Gasteiger charge is -2.37. The number of rotatable bonds is 13. The highest BCUT2D eigenvalue weighted by molar-refractivity contribution is 6.22. The lowest BCUT2D eigenvalue weighted by Crippen LogP contribution is -2.44. The number of carbonyl (C=O) groups excluding carboxylic acids is 4. The average Bonchev–Trinajstić information content (AvgIpc) is 3.87. The molecule has 0 fully saturated rings. The first-order valence-corrected chi connectivity index (χ1v) is 19.3. The van der Waals surface area contributed by atoms with Gasteiger partial charge < -0.3 is 39.5 Å². The van der Waals surface area contributed by atoms with Crippen molar-refractivity contribution < 1.29 is 48.3 Å². The van der Waals surface area contributed by atoms with Crippen LogP contribution in [0.2, 0.25) is 0 Å². The second kappa shape index (κ2) is 17.3. The highest BCUT2D eigenvalue weighted by Gasteiger charge is 2.55. The molecule has 0 saturated heterocycles. The van der Waals surface area contributed by atoms with Crippen LogP contribution in [0, 0.1) is 24.2 Å². The van der Waals surface area contributed by atoms with Crippen LogP contribution in [0.4, 0.5) is 0 Å². The zero-order chi connectivity index (χ0) is 41.9. The standard InChI is InChI=1S/C44H50N4O10/c1-8-26-23(2)32-20-37-30-12-9-29(42(53)55-6)41(43(54)56-7)44(30,5)38(48-37)22-33-25(4)28(11-14-40(52)58-18-16-50)36(47-33)21-35-27(10-13-39(51)57-17-15-49)24(3)31(46-35)19-34(26)45-32/h8-9,12,19-22,24,31,41,46-47,49-50H,1,10-11,13-18H2,2-7H3/b33-22-,34-19-,36-21-,37-20-/t24?,31?,41-,44+/m0/s1. The molecule has 5 aliphatic rings. The number of carbonyl (C=O) groups is 4. The molecular formula is C44H50N4O10. The van der Waals surface area contributed by atoms with E-state index in [2.05, 4.69) is 29.9 Å². The molecule has 4 aliphatic heterocycles. The largest absolute Gasteiger partial charge is 0.469 e. The number of methoxy groups -OCH3 is 2. The molecule has 58 heavy (non-hydrogen) atoms. The minimum absolute atomic E-state index is 0.0341. The Labute approximate surface area is 336 Å². The van der Waals surface area contributed by atoms with Crippen LogP contribution < -0.4 is 16.0 Å². The summed E-state index contributed by atoms with van der Waals surface area (Å²) in [6.45, 7) is 11.2. The van der Waals surface area contributed by atoms with Crippen molar-refractivity contribution in [2.75, 3.05) is 40.6 Å². The van der Waals surface area contributed by atoms with Gasteiger partial charge in [0.15, 0.2) is 0 Å². The van der Waals surface area contributed by atoms with Gasteiger partial charge in [0.2, 0.25) is 0 Å². The number of allylic oxidation sites excluding steroid dienone is 7. The second-order valence-corrected chi connectivity index (χ2v) is 14.8. The van der Waals surface area contributed by atoms with E-state index in [1.54, 1.807) is 18.2 Å². The smallest absolute Gasteiger partial charge is 0.334 e. The van der Waals surface area contributed by atoms with E-state index in [9.17, 15) is 29.4 Å². The fourth-order valence-corrected chi connectivity index (χ4v) is 8.38. The Morgan fingerprint density at radius 3 is 2.24 bits per heavy atom.